The molecule has 0 amide bonds. The van der Waals surface area contributed by atoms with Crippen LogP contribution in [0.4, 0.5) is 5.69 Å². The van der Waals surface area contributed by atoms with Crippen LogP contribution < -0.4 is 10.1 Å². The summed E-state index contributed by atoms with van der Waals surface area (Å²) in [6.45, 7) is 8.88. The summed E-state index contributed by atoms with van der Waals surface area (Å²) in [5.74, 6) is 0.843. The van der Waals surface area contributed by atoms with Gasteiger partial charge in [0.2, 0.25) is 0 Å². The minimum Gasteiger partial charge on any atom is -0.488 e. The van der Waals surface area contributed by atoms with Gasteiger partial charge >= 0.3 is 0 Å². The summed E-state index contributed by atoms with van der Waals surface area (Å²) in [4.78, 5) is 0. The Morgan fingerprint density at radius 1 is 1.14 bits per heavy atom. The highest BCUT2D eigenvalue weighted by Crippen LogP contribution is 2.26. The number of benzene rings is 1. The average Bonchev–Trinajstić information content (AvgIpc) is 2.42. The molecule has 1 fully saturated rings. The van der Waals surface area contributed by atoms with Crippen LogP contribution >= 0.6 is 0 Å². The van der Waals surface area contributed by atoms with Crippen LogP contribution in [0, 0.1) is 5.41 Å². The molecule has 0 unspecified atom stereocenters. The van der Waals surface area contributed by atoms with Crippen LogP contribution in [0.1, 0.15) is 53.4 Å². The largest absolute Gasteiger partial charge is 0.488 e. The van der Waals surface area contributed by atoms with Crippen molar-refractivity contribution in [3.05, 3.63) is 24.3 Å². The van der Waals surface area contributed by atoms with Gasteiger partial charge in [0, 0.05) is 11.7 Å². The number of anilines is 1. The normalized spacial score (nSPS) is 24.4. The van der Waals surface area contributed by atoms with E-state index < -0.39 is 0 Å². The molecule has 2 rings (SSSR count). The van der Waals surface area contributed by atoms with Gasteiger partial charge in [-0.15, -0.1) is 0 Å². The van der Waals surface area contributed by atoms with Gasteiger partial charge in [0.15, 0.2) is 0 Å². The number of aliphatic hydroxyl groups is 1. The van der Waals surface area contributed by atoms with Gasteiger partial charge < -0.3 is 15.2 Å². The molecule has 0 saturated heterocycles. The summed E-state index contributed by atoms with van der Waals surface area (Å²) in [5.41, 5.74) is 1.33. The zero-order valence-corrected chi connectivity index (χ0v) is 13.7. The van der Waals surface area contributed by atoms with Gasteiger partial charge in [-0.25, -0.2) is 0 Å². The van der Waals surface area contributed by atoms with E-state index in [4.69, 9.17) is 4.74 Å². The maximum Gasteiger partial charge on any atom is 0.124 e. The number of rotatable bonds is 4. The highest BCUT2D eigenvalue weighted by molar-refractivity contribution is 5.47. The lowest BCUT2D eigenvalue weighted by Crippen LogP contribution is -2.34. The van der Waals surface area contributed by atoms with Crippen LogP contribution in [0.15, 0.2) is 24.3 Å². The first-order chi connectivity index (χ1) is 9.86. The molecule has 1 aromatic carbocycles. The van der Waals surface area contributed by atoms with E-state index in [2.05, 4.69) is 33.0 Å². The summed E-state index contributed by atoms with van der Waals surface area (Å²) in [6.07, 6.45) is 3.68. The third-order valence-corrected chi connectivity index (χ3v) is 4.49. The van der Waals surface area contributed by atoms with Crippen molar-refractivity contribution in [1.82, 2.24) is 0 Å². The quantitative estimate of drug-likeness (QED) is 0.873. The molecule has 0 aliphatic heterocycles. The Hall–Kier alpha value is -1.22. The summed E-state index contributed by atoms with van der Waals surface area (Å²) < 4.78 is 5.92. The monoisotopic (exact) mass is 291 g/mol. The Bertz CT molecular complexity index is 436. The predicted octanol–water partition coefficient (Wildman–Crippen LogP) is 4.22. The molecule has 0 aromatic heterocycles. The second-order valence-corrected chi connectivity index (χ2v) is 7.26. The van der Waals surface area contributed by atoms with Crippen LogP contribution in [-0.2, 0) is 0 Å². The fourth-order valence-electron chi connectivity index (χ4n) is 2.49. The van der Waals surface area contributed by atoms with Crippen LogP contribution in [0.2, 0.25) is 0 Å². The topological polar surface area (TPSA) is 41.5 Å². The van der Waals surface area contributed by atoms with Crippen molar-refractivity contribution < 1.29 is 9.84 Å². The highest BCUT2D eigenvalue weighted by atomic mass is 16.5. The maximum atomic E-state index is 9.96. The van der Waals surface area contributed by atoms with Crippen LogP contribution in [-0.4, -0.2) is 23.4 Å². The number of hydrogen-bond acceptors (Lipinski definition) is 3. The van der Waals surface area contributed by atoms with Crippen molar-refractivity contribution in [2.75, 3.05) is 5.32 Å². The first kappa shape index (κ1) is 16.2. The third-order valence-electron chi connectivity index (χ3n) is 4.49. The number of aliphatic hydroxyl groups excluding tert-OH is 1. The molecule has 0 bridgehead atoms. The van der Waals surface area contributed by atoms with E-state index in [0.29, 0.717) is 6.04 Å². The smallest absolute Gasteiger partial charge is 0.124 e. The standard InChI is InChI=1S/C18H29NO2/c1-13(18(2,3)4)19-14-9-11-15(12-10-14)21-17-8-6-5-7-16(17)20/h9-13,16-17,19-20H,5-8H2,1-4H3/t13-,16-,17-/m1/s1. The molecular weight excluding hydrogens is 262 g/mol. The van der Waals surface area contributed by atoms with Crippen LogP contribution in [0.3, 0.4) is 0 Å². The minimum absolute atomic E-state index is 0.0499. The van der Waals surface area contributed by atoms with E-state index in [0.717, 1.165) is 37.1 Å². The van der Waals surface area contributed by atoms with E-state index in [9.17, 15) is 5.11 Å². The van der Waals surface area contributed by atoms with Gasteiger partial charge in [0.25, 0.3) is 0 Å². The Morgan fingerprint density at radius 2 is 1.76 bits per heavy atom. The Kier molecular flexibility index (Phi) is 5.15. The average molecular weight is 291 g/mol. The lowest BCUT2D eigenvalue weighted by molar-refractivity contribution is 0.00688. The van der Waals surface area contributed by atoms with Gasteiger partial charge in [-0.3, -0.25) is 0 Å². The van der Waals surface area contributed by atoms with Crippen molar-refractivity contribution in [2.24, 2.45) is 5.41 Å². The predicted molar refractivity (Wildman–Crippen MR) is 87.9 cm³/mol. The SMILES string of the molecule is C[C@@H](Nc1ccc(O[C@@H]2CCCC[C@H]2O)cc1)C(C)(C)C. The van der Waals surface area contributed by atoms with Crippen molar-refractivity contribution in [3.8, 4) is 5.75 Å². The molecule has 3 atom stereocenters. The molecule has 0 radical (unpaired) electrons. The third kappa shape index (κ3) is 4.63. The van der Waals surface area contributed by atoms with Gasteiger partial charge in [-0.2, -0.15) is 0 Å². The summed E-state index contributed by atoms with van der Waals surface area (Å²) in [6, 6.07) is 8.46. The van der Waals surface area contributed by atoms with Crippen molar-refractivity contribution in [1.29, 1.82) is 0 Å². The van der Waals surface area contributed by atoms with E-state index >= 15 is 0 Å². The molecule has 1 aliphatic rings. The molecule has 1 aliphatic carbocycles. The van der Waals surface area contributed by atoms with Crippen molar-refractivity contribution in [3.63, 3.8) is 0 Å². The fraction of sp³-hybridized carbons (Fsp3) is 0.667. The maximum absolute atomic E-state index is 9.96. The molecular formula is C18H29NO2. The highest BCUT2D eigenvalue weighted by Gasteiger charge is 2.24. The lowest BCUT2D eigenvalue weighted by Gasteiger charge is -2.29. The minimum atomic E-state index is -0.322. The van der Waals surface area contributed by atoms with E-state index in [1.54, 1.807) is 0 Å². The van der Waals surface area contributed by atoms with Gasteiger partial charge in [0.1, 0.15) is 11.9 Å². The Balaban J connectivity index is 1.92. The molecule has 1 saturated carbocycles. The van der Waals surface area contributed by atoms with Crippen molar-refractivity contribution in [2.45, 2.75) is 71.6 Å². The second kappa shape index (κ2) is 6.69. The number of ether oxygens (including phenoxy) is 1. The molecule has 21 heavy (non-hydrogen) atoms. The molecule has 1 aromatic rings. The molecule has 3 nitrogen and oxygen atoms in total. The van der Waals surface area contributed by atoms with Gasteiger partial charge in [-0.1, -0.05) is 27.2 Å². The zero-order valence-electron chi connectivity index (χ0n) is 13.7. The first-order valence-electron chi connectivity index (χ1n) is 8.07. The lowest BCUT2D eigenvalue weighted by atomic mass is 9.88. The number of hydrogen-bond donors (Lipinski definition) is 2. The molecule has 0 heterocycles. The van der Waals surface area contributed by atoms with E-state index in [1.165, 1.54) is 0 Å². The fourth-order valence-corrected chi connectivity index (χ4v) is 2.49. The van der Waals surface area contributed by atoms with E-state index in [1.807, 2.05) is 24.3 Å². The molecule has 118 valence electrons. The van der Waals surface area contributed by atoms with Crippen LogP contribution in [0.5, 0.6) is 5.75 Å². The molecule has 2 N–H and O–H groups in total. The van der Waals surface area contributed by atoms with Gasteiger partial charge in [0.05, 0.1) is 6.10 Å². The summed E-state index contributed by atoms with van der Waals surface area (Å²) >= 11 is 0. The van der Waals surface area contributed by atoms with E-state index in [-0.39, 0.29) is 17.6 Å². The number of nitrogens with one attached hydrogen (secondary N) is 1. The summed E-state index contributed by atoms with van der Waals surface area (Å²) in [5, 5.41) is 13.5. The summed E-state index contributed by atoms with van der Waals surface area (Å²) in [7, 11) is 0. The molecule has 3 heteroatoms. The van der Waals surface area contributed by atoms with Gasteiger partial charge in [-0.05, 0) is 55.9 Å². The second-order valence-electron chi connectivity index (χ2n) is 7.26. The Morgan fingerprint density at radius 3 is 2.33 bits per heavy atom. The zero-order chi connectivity index (χ0) is 15.5. The molecule has 0 spiro atoms. The van der Waals surface area contributed by atoms with Crippen molar-refractivity contribution >= 4 is 5.69 Å². The van der Waals surface area contributed by atoms with Crippen LogP contribution in [0.25, 0.3) is 0 Å². The first-order valence-corrected chi connectivity index (χ1v) is 8.07. The Labute approximate surface area is 128 Å².